The molecule has 68 valence electrons. The number of thiophene rings is 1. The van der Waals surface area contributed by atoms with Gasteiger partial charge < -0.3 is 4.74 Å². The van der Waals surface area contributed by atoms with Gasteiger partial charge in [-0.1, -0.05) is 32.1 Å². The van der Waals surface area contributed by atoms with Gasteiger partial charge in [-0.05, 0) is 39.6 Å². The highest BCUT2D eigenvalue weighted by Gasteiger charge is 2.19. The van der Waals surface area contributed by atoms with Gasteiger partial charge in [0.15, 0.2) is 5.06 Å². The van der Waals surface area contributed by atoms with Crippen LogP contribution in [0, 0.1) is 2.88 Å². The van der Waals surface area contributed by atoms with Crippen molar-refractivity contribution in [1.82, 2.24) is 0 Å². The third kappa shape index (κ3) is 2.13. The van der Waals surface area contributed by atoms with Gasteiger partial charge >= 0.3 is 0 Å². The van der Waals surface area contributed by atoms with Gasteiger partial charge in [0.25, 0.3) is 0 Å². The lowest BCUT2D eigenvalue weighted by Gasteiger charge is -2.16. The van der Waals surface area contributed by atoms with Crippen molar-refractivity contribution in [2.45, 2.75) is 26.2 Å². The van der Waals surface area contributed by atoms with Crippen molar-refractivity contribution in [3.8, 4) is 5.06 Å². The van der Waals surface area contributed by atoms with Gasteiger partial charge in [-0.15, -0.1) is 0 Å². The lowest BCUT2D eigenvalue weighted by molar-refractivity contribution is 0.426. The first kappa shape index (κ1) is 10.3. The molecule has 0 amide bonds. The summed E-state index contributed by atoms with van der Waals surface area (Å²) in [7, 11) is 1.72. The van der Waals surface area contributed by atoms with Gasteiger partial charge in [-0.3, -0.25) is 0 Å². The highest BCUT2D eigenvalue weighted by molar-refractivity contribution is 14.1. The van der Waals surface area contributed by atoms with E-state index in [-0.39, 0.29) is 5.41 Å². The van der Waals surface area contributed by atoms with Crippen LogP contribution >= 0.6 is 33.9 Å². The van der Waals surface area contributed by atoms with Crippen LogP contribution in [0.1, 0.15) is 26.3 Å². The van der Waals surface area contributed by atoms with E-state index in [1.54, 1.807) is 18.4 Å². The molecule has 1 rings (SSSR count). The molecule has 1 heterocycles. The van der Waals surface area contributed by atoms with E-state index in [9.17, 15) is 0 Å². The minimum atomic E-state index is 0.226. The van der Waals surface area contributed by atoms with E-state index in [1.165, 1.54) is 8.45 Å². The monoisotopic (exact) mass is 296 g/mol. The smallest absolute Gasteiger partial charge is 0.174 e. The summed E-state index contributed by atoms with van der Waals surface area (Å²) in [6, 6.07) is 2.13. The van der Waals surface area contributed by atoms with Crippen molar-refractivity contribution >= 4 is 33.9 Å². The Morgan fingerprint density at radius 1 is 1.42 bits per heavy atom. The van der Waals surface area contributed by atoms with Gasteiger partial charge in [0.1, 0.15) is 0 Å². The van der Waals surface area contributed by atoms with Crippen LogP contribution in [0.4, 0.5) is 0 Å². The van der Waals surface area contributed by atoms with Crippen molar-refractivity contribution in [3.63, 3.8) is 0 Å². The lowest BCUT2D eigenvalue weighted by Crippen LogP contribution is -2.10. The predicted octanol–water partition coefficient (Wildman–Crippen LogP) is 3.66. The maximum absolute atomic E-state index is 5.18. The normalized spacial score (nSPS) is 11.8. The Hall–Kier alpha value is 0.230. The molecule has 0 saturated heterocycles. The van der Waals surface area contributed by atoms with E-state index in [4.69, 9.17) is 4.74 Å². The molecule has 1 aromatic heterocycles. The molecule has 0 aromatic carbocycles. The third-order valence-electron chi connectivity index (χ3n) is 1.67. The number of rotatable bonds is 1. The van der Waals surface area contributed by atoms with Crippen LogP contribution < -0.4 is 4.74 Å². The fourth-order valence-corrected chi connectivity index (χ4v) is 3.49. The van der Waals surface area contributed by atoms with Gasteiger partial charge in [0, 0.05) is 0 Å². The summed E-state index contributed by atoms with van der Waals surface area (Å²) in [6.45, 7) is 6.66. The highest BCUT2D eigenvalue weighted by atomic mass is 127. The SMILES string of the molecule is COc1cc(C(C)(C)C)c(I)s1. The summed E-state index contributed by atoms with van der Waals surface area (Å²) < 4.78 is 6.52. The zero-order chi connectivity index (χ0) is 9.35. The number of hydrogen-bond donors (Lipinski definition) is 0. The summed E-state index contributed by atoms with van der Waals surface area (Å²) in [5, 5.41) is 1.00. The maximum atomic E-state index is 5.18. The molecule has 0 unspecified atom stereocenters. The van der Waals surface area contributed by atoms with Crippen molar-refractivity contribution < 1.29 is 4.74 Å². The van der Waals surface area contributed by atoms with Gasteiger partial charge in [-0.25, -0.2) is 0 Å². The fraction of sp³-hybridized carbons (Fsp3) is 0.556. The van der Waals surface area contributed by atoms with Crippen molar-refractivity contribution in [3.05, 3.63) is 14.5 Å². The molecular formula is C9H13IOS. The van der Waals surface area contributed by atoms with Crippen molar-refractivity contribution in [2.24, 2.45) is 0 Å². The second-order valence-corrected chi connectivity index (χ2v) is 6.53. The fourth-order valence-electron chi connectivity index (χ4n) is 0.959. The van der Waals surface area contributed by atoms with Crippen molar-refractivity contribution in [1.29, 1.82) is 0 Å². The number of halogens is 1. The molecule has 3 heteroatoms. The van der Waals surface area contributed by atoms with Crippen LogP contribution in [-0.4, -0.2) is 7.11 Å². The van der Waals surface area contributed by atoms with E-state index < -0.39 is 0 Å². The van der Waals surface area contributed by atoms with Crippen molar-refractivity contribution in [2.75, 3.05) is 7.11 Å². The van der Waals surface area contributed by atoms with E-state index in [0.717, 1.165) is 5.06 Å². The Kier molecular flexibility index (Phi) is 3.04. The molecule has 0 aliphatic carbocycles. The number of methoxy groups -OCH3 is 1. The summed E-state index contributed by atoms with van der Waals surface area (Å²) in [5.74, 6) is 0. The second kappa shape index (κ2) is 3.54. The zero-order valence-corrected chi connectivity index (χ0v) is 10.7. The zero-order valence-electron chi connectivity index (χ0n) is 7.77. The molecule has 0 bridgehead atoms. The quantitative estimate of drug-likeness (QED) is 0.719. The Bertz CT molecular complexity index is 273. The van der Waals surface area contributed by atoms with Gasteiger partial charge in [0.05, 0.1) is 9.99 Å². The Morgan fingerprint density at radius 2 is 2.00 bits per heavy atom. The minimum absolute atomic E-state index is 0.226. The first-order chi connectivity index (χ1) is 5.45. The average Bonchev–Trinajstić information content (AvgIpc) is 2.29. The largest absolute Gasteiger partial charge is 0.487 e. The van der Waals surface area contributed by atoms with Gasteiger partial charge in [-0.2, -0.15) is 0 Å². The molecule has 12 heavy (non-hydrogen) atoms. The maximum Gasteiger partial charge on any atom is 0.174 e. The Labute approximate surface area is 91.3 Å². The first-order valence-corrected chi connectivity index (χ1v) is 5.68. The van der Waals surface area contributed by atoms with E-state index >= 15 is 0 Å². The predicted molar refractivity (Wildman–Crippen MR) is 62.3 cm³/mol. The van der Waals surface area contributed by atoms with Crippen LogP contribution in [-0.2, 0) is 5.41 Å². The van der Waals surface area contributed by atoms with Gasteiger partial charge in [0.2, 0.25) is 0 Å². The highest BCUT2D eigenvalue weighted by Crippen LogP contribution is 2.37. The molecule has 0 N–H and O–H groups in total. The lowest BCUT2D eigenvalue weighted by atomic mass is 9.89. The molecule has 0 fully saturated rings. The second-order valence-electron chi connectivity index (χ2n) is 3.71. The molecule has 0 saturated carbocycles. The summed E-state index contributed by atoms with van der Waals surface area (Å²) in [6.07, 6.45) is 0. The van der Waals surface area contributed by atoms with Crippen LogP contribution in [0.15, 0.2) is 6.07 Å². The number of hydrogen-bond acceptors (Lipinski definition) is 2. The van der Waals surface area contributed by atoms with Crippen LogP contribution in [0.5, 0.6) is 5.06 Å². The van der Waals surface area contributed by atoms with Crippen LogP contribution in [0.25, 0.3) is 0 Å². The average molecular weight is 296 g/mol. The Morgan fingerprint density at radius 3 is 2.25 bits per heavy atom. The third-order valence-corrected chi connectivity index (χ3v) is 3.80. The summed E-state index contributed by atoms with van der Waals surface area (Å²) in [4.78, 5) is 0. The molecule has 0 radical (unpaired) electrons. The topological polar surface area (TPSA) is 9.23 Å². The summed E-state index contributed by atoms with van der Waals surface area (Å²) >= 11 is 4.07. The molecule has 0 atom stereocenters. The summed E-state index contributed by atoms with van der Waals surface area (Å²) in [5.41, 5.74) is 1.61. The Balaban J connectivity index is 3.08. The first-order valence-electron chi connectivity index (χ1n) is 3.79. The number of ether oxygens (including phenoxy) is 1. The van der Waals surface area contributed by atoms with E-state index in [0.29, 0.717) is 0 Å². The molecule has 1 aromatic rings. The standard InChI is InChI=1S/C9H13IOS/c1-9(2,3)6-5-7(11-4)12-8(6)10/h5H,1-4H3. The van der Waals surface area contributed by atoms with Crippen LogP contribution in [0.2, 0.25) is 0 Å². The van der Waals surface area contributed by atoms with E-state index in [1.807, 2.05) is 0 Å². The molecule has 0 aliphatic rings. The molecular weight excluding hydrogens is 283 g/mol. The van der Waals surface area contributed by atoms with E-state index in [2.05, 4.69) is 49.4 Å². The molecule has 1 nitrogen and oxygen atoms in total. The molecule has 0 spiro atoms. The van der Waals surface area contributed by atoms with Crippen LogP contribution in [0.3, 0.4) is 0 Å². The minimum Gasteiger partial charge on any atom is -0.487 e. The molecule has 0 aliphatic heterocycles.